The van der Waals surface area contributed by atoms with Gasteiger partial charge >= 0.3 is 0 Å². The summed E-state index contributed by atoms with van der Waals surface area (Å²) < 4.78 is 12.6. The van der Waals surface area contributed by atoms with Gasteiger partial charge in [0, 0.05) is 22.1 Å². The van der Waals surface area contributed by atoms with E-state index in [-0.39, 0.29) is 5.82 Å². The van der Waals surface area contributed by atoms with Gasteiger partial charge in [-0.2, -0.15) is 11.8 Å². The SMILES string of the molecule is CSCCSc1ccc(F)cc1N. The monoisotopic (exact) mass is 217 g/mol. The molecule has 0 aliphatic rings. The summed E-state index contributed by atoms with van der Waals surface area (Å²) in [6.45, 7) is 0. The Morgan fingerprint density at radius 3 is 2.77 bits per heavy atom. The van der Waals surface area contributed by atoms with Crippen LogP contribution in [0.15, 0.2) is 23.1 Å². The van der Waals surface area contributed by atoms with Gasteiger partial charge in [0.25, 0.3) is 0 Å². The number of thioether (sulfide) groups is 2. The smallest absolute Gasteiger partial charge is 0.125 e. The van der Waals surface area contributed by atoms with Crippen molar-refractivity contribution in [2.24, 2.45) is 0 Å². The third kappa shape index (κ3) is 3.48. The number of anilines is 1. The molecule has 0 bridgehead atoms. The van der Waals surface area contributed by atoms with E-state index in [9.17, 15) is 4.39 Å². The maximum absolute atomic E-state index is 12.6. The first kappa shape index (κ1) is 10.7. The molecule has 0 unspecified atom stereocenters. The molecule has 72 valence electrons. The predicted molar refractivity (Wildman–Crippen MR) is 59.9 cm³/mol. The van der Waals surface area contributed by atoms with Gasteiger partial charge in [0.1, 0.15) is 5.82 Å². The lowest BCUT2D eigenvalue weighted by atomic mass is 10.3. The fourth-order valence-electron chi connectivity index (χ4n) is 0.886. The second-order valence-corrected chi connectivity index (χ2v) is 4.65. The third-order valence-corrected chi connectivity index (χ3v) is 3.48. The number of hydrogen-bond acceptors (Lipinski definition) is 3. The zero-order valence-corrected chi connectivity index (χ0v) is 9.05. The fourth-order valence-corrected chi connectivity index (χ4v) is 2.50. The van der Waals surface area contributed by atoms with E-state index < -0.39 is 0 Å². The highest BCUT2D eigenvalue weighted by molar-refractivity contribution is 8.02. The van der Waals surface area contributed by atoms with Crippen LogP contribution in [-0.2, 0) is 0 Å². The summed E-state index contributed by atoms with van der Waals surface area (Å²) in [4.78, 5) is 0.968. The molecule has 1 rings (SSSR count). The topological polar surface area (TPSA) is 26.0 Å². The predicted octanol–water partition coefficient (Wildman–Crippen LogP) is 2.86. The van der Waals surface area contributed by atoms with Crippen LogP contribution in [0.25, 0.3) is 0 Å². The van der Waals surface area contributed by atoms with Crippen molar-refractivity contribution >= 4 is 29.2 Å². The molecular weight excluding hydrogens is 205 g/mol. The van der Waals surface area contributed by atoms with Crippen molar-refractivity contribution in [3.05, 3.63) is 24.0 Å². The number of benzene rings is 1. The Bertz CT molecular complexity index is 278. The minimum atomic E-state index is -0.272. The van der Waals surface area contributed by atoms with Crippen molar-refractivity contribution in [3.8, 4) is 0 Å². The van der Waals surface area contributed by atoms with Crippen LogP contribution in [0.4, 0.5) is 10.1 Å². The number of rotatable bonds is 4. The quantitative estimate of drug-likeness (QED) is 0.477. The van der Waals surface area contributed by atoms with Crippen LogP contribution in [0.3, 0.4) is 0 Å². The van der Waals surface area contributed by atoms with Gasteiger partial charge in [-0.3, -0.25) is 0 Å². The molecule has 0 fully saturated rings. The molecule has 0 saturated carbocycles. The van der Waals surface area contributed by atoms with Gasteiger partial charge < -0.3 is 5.73 Å². The van der Waals surface area contributed by atoms with Crippen LogP contribution in [-0.4, -0.2) is 17.8 Å². The highest BCUT2D eigenvalue weighted by Crippen LogP contribution is 2.25. The lowest BCUT2D eigenvalue weighted by molar-refractivity contribution is 0.627. The molecule has 0 amide bonds. The van der Waals surface area contributed by atoms with Crippen LogP contribution in [0, 0.1) is 5.82 Å². The molecular formula is C9H12FNS2. The Labute approximate surface area is 86.3 Å². The number of halogens is 1. The zero-order valence-electron chi connectivity index (χ0n) is 7.42. The van der Waals surface area contributed by atoms with E-state index in [2.05, 4.69) is 6.26 Å². The number of hydrogen-bond donors (Lipinski definition) is 1. The first-order valence-electron chi connectivity index (χ1n) is 3.91. The van der Waals surface area contributed by atoms with Crippen LogP contribution in [0.1, 0.15) is 0 Å². The molecule has 1 aromatic carbocycles. The minimum absolute atomic E-state index is 0.272. The minimum Gasteiger partial charge on any atom is -0.398 e. The molecule has 0 aliphatic carbocycles. The van der Waals surface area contributed by atoms with Gasteiger partial charge in [-0.05, 0) is 24.5 Å². The summed E-state index contributed by atoms with van der Waals surface area (Å²) >= 11 is 3.46. The van der Waals surface area contributed by atoms with Crippen LogP contribution < -0.4 is 5.73 Å². The van der Waals surface area contributed by atoms with Crippen LogP contribution in [0.5, 0.6) is 0 Å². The fraction of sp³-hybridized carbons (Fsp3) is 0.333. The van der Waals surface area contributed by atoms with Gasteiger partial charge in [-0.25, -0.2) is 4.39 Å². The maximum Gasteiger partial charge on any atom is 0.125 e. The third-order valence-electron chi connectivity index (χ3n) is 1.52. The molecule has 2 N–H and O–H groups in total. The summed E-state index contributed by atoms with van der Waals surface area (Å²) in [6, 6.07) is 4.54. The van der Waals surface area contributed by atoms with E-state index in [1.165, 1.54) is 12.1 Å². The van der Waals surface area contributed by atoms with Gasteiger partial charge in [-0.1, -0.05) is 0 Å². The molecule has 1 nitrogen and oxygen atoms in total. The van der Waals surface area contributed by atoms with E-state index >= 15 is 0 Å². The Morgan fingerprint density at radius 2 is 2.15 bits per heavy atom. The van der Waals surface area contributed by atoms with Gasteiger partial charge in [-0.15, -0.1) is 11.8 Å². The van der Waals surface area contributed by atoms with Crippen molar-refractivity contribution in [1.29, 1.82) is 0 Å². The normalized spacial score (nSPS) is 10.3. The summed E-state index contributed by atoms with van der Waals surface area (Å²) in [6.07, 6.45) is 2.06. The summed E-state index contributed by atoms with van der Waals surface area (Å²) in [5.41, 5.74) is 6.17. The van der Waals surface area contributed by atoms with Crippen molar-refractivity contribution in [2.75, 3.05) is 23.5 Å². The number of nitrogen functional groups attached to an aromatic ring is 1. The van der Waals surface area contributed by atoms with Crippen molar-refractivity contribution in [2.45, 2.75) is 4.90 Å². The van der Waals surface area contributed by atoms with E-state index in [1.807, 2.05) is 0 Å². The van der Waals surface area contributed by atoms with Crippen LogP contribution >= 0.6 is 23.5 Å². The largest absolute Gasteiger partial charge is 0.398 e. The maximum atomic E-state index is 12.6. The lowest BCUT2D eigenvalue weighted by Crippen LogP contribution is -1.91. The second kappa shape index (κ2) is 5.40. The number of nitrogens with two attached hydrogens (primary N) is 1. The van der Waals surface area contributed by atoms with E-state index in [0.717, 1.165) is 16.4 Å². The molecule has 0 atom stereocenters. The highest BCUT2D eigenvalue weighted by Gasteiger charge is 2.00. The van der Waals surface area contributed by atoms with Crippen molar-refractivity contribution in [3.63, 3.8) is 0 Å². The van der Waals surface area contributed by atoms with Crippen molar-refractivity contribution < 1.29 is 4.39 Å². The standard InChI is InChI=1S/C9H12FNS2/c1-12-4-5-13-9-3-2-7(10)6-8(9)11/h2-3,6H,4-5,11H2,1H3. The average Bonchev–Trinajstić information content (AvgIpc) is 2.09. The summed E-state index contributed by atoms with van der Waals surface area (Å²) in [5, 5.41) is 0. The molecule has 4 heteroatoms. The zero-order chi connectivity index (χ0) is 9.68. The Hall–Kier alpha value is -0.350. The van der Waals surface area contributed by atoms with Crippen molar-refractivity contribution in [1.82, 2.24) is 0 Å². The van der Waals surface area contributed by atoms with Gasteiger partial charge in [0.2, 0.25) is 0 Å². The Balaban J connectivity index is 2.56. The molecule has 0 saturated heterocycles. The molecule has 1 aromatic rings. The molecule has 13 heavy (non-hydrogen) atoms. The summed E-state index contributed by atoms with van der Waals surface area (Å²) in [5.74, 6) is 1.82. The second-order valence-electron chi connectivity index (χ2n) is 2.52. The van der Waals surface area contributed by atoms with E-state index in [1.54, 1.807) is 29.6 Å². The Kier molecular flexibility index (Phi) is 4.45. The van der Waals surface area contributed by atoms with Gasteiger partial charge in [0.15, 0.2) is 0 Å². The molecule has 0 radical (unpaired) electrons. The Morgan fingerprint density at radius 1 is 1.38 bits per heavy atom. The van der Waals surface area contributed by atoms with E-state index in [0.29, 0.717) is 5.69 Å². The summed E-state index contributed by atoms with van der Waals surface area (Å²) in [7, 11) is 0. The lowest BCUT2D eigenvalue weighted by Gasteiger charge is -2.03. The molecule has 0 aromatic heterocycles. The first-order valence-corrected chi connectivity index (χ1v) is 6.28. The molecule has 0 heterocycles. The molecule has 0 aliphatic heterocycles. The first-order chi connectivity index (χ1) is 6.24. The van der Waals surface area contributed by atoms with Crippen LogP contribution in [0.2, 0.25) is 0 Å². The average molecular weight is 217 g/mol. The molecule has 0 spiro atoms. The van der Waals surface area contributed by atoms with Gasteiger partial charge in [0.05, 0.1) is 0 Å². The highest BCUT2D eigenvalue weighted by atomic mass is 32.2. The van der Waals surface area contributed by atoms with E-state index in [4.69, 9.17) is 5.73 Å².